The van der Waals surface area contributed by atoms with Crippen molar-refractivity contribution in [3.8, 4) is 22.9 Å². The van der Waals surface area contributed by atoms with Crippen LogP contribution in [-0.2, 0) is 0 Å². The first-order valence-electron chi connectivity index (χ1n) is 6.23. The predicted molar refractivity (Wildman–Crippen MR) is 82.4 cm³/mol. The molecule has 0 aliphatic carbocycles. The molecule has 2 aromatic carbocycles. The normalized spacial score (nSPS) is 10.1. The first kappa shape index (κ1) is 14.7. The molecule has 20 heavy (non-hydrogen) atoms. The average Bonchev–Trinajstić information content (AvgIpc) is 2.49. The van der Waals surface area contributed by atoms with Gasteiger partial charge in [-0.25, -0.2) is 0 Å². The van der Waals surface area contributed by atoms with Crippen molar-refractivity contribution < 1.29 is 4.74 Å². The lowest BCUT2D eigenvalue weighted by atomic mass is 10.0. The zero-order valence-electron chi connectivity index (χ0n) is 10.8. The molecule has 0 bridgehead atoms. The predicted octanol–water partition coefficient (Wildman–Crippen LogP) is 4.89. The molecule has 0 N–H and O–H groups in total. The fraction of sp³-hybridized carbons (Fsp3) is 0.188. The number of halogens is 2. The third-order valence-electron chi connectivity index (χ3n) is 2.81. The van der Waals surface area contributed by atoms with E-state index in [0.717, 1.165) is 17.5 Å². The molecule has 0 radical (unpaired) electrons. The quantitative estimate of drug-likeness (QED) is 0.582. The third kappa shape index (κ3) is 3.66. The number of hydrogen-bond donors (Lipinski definition) is 0. The Morgan fingerprint density at radius 1 is 1.05 bits per heavy atom. The fourth-order valence-corrected chi connectivity index (χ4v) is 2.12. The van der Waals surface area contributed by atoms with Crippen molar-refractivity contribution in [1.29, 1.82) is 5.26 Å². The number of hydrogen-bond acceptors (Lipinski definition) is 2. The van der Waals surface area contributed by atoms with E-state index >= 15 is 0 Å². The maximum absolute atomic E-state index is 8.79. The van der Waals surface area contributed by atoms with Gasteiger partial charge in [0.05, 0.1) is 23.3 Å². The monoisotopic (exact) mass is 305 g/mol. The van der Waals surface area contributed by atoms with Gasteiger partial charge < -0.3 is 4.74 Å². The van der Waals surface area contributed by atoms with Crippen molar-refractivity contribution in [2.24, 2.45) is 0 Å². The van der Waals surface area contributed by atoms with Crippen molar-refractivity contribution in [2.45, 2.75) is 6.42 Å². The summed E-state index contributed by atoms with van der Waals surface area (Å²) in [6.07, 6.45) is 0.787. The van der Waals surface area contributed by atoms with Crippen molar-refractivity contribution >= 4 is 23.2 Å². The van der Waals surface area contributed by atoms with Gasteiger partial charge in [-0.05, 0) is 41.8 Å². The molecule has 0 spiro atoms. The van der Waals surface area contributed by atoms with Crippen LogP contribution in [0.2, 0.25) is 5.02 Å². The standard InChI is InChI=1S/C16H13Cl2NO/c17-8-1-9-20-16-7-6-14(10-15(16)18)13-4-2-12(11-19)3-5-13/h2-7,10H,1,8-9H2. The second-order valence-corrected chi connectivity index (χ2v) is 5.01. The maximum atomic E-state index is 8.79. The van der Waals surface area contributed by atoms with E-state index < -0.39 is 0 Å². The molecule has 0 aliphatic rings. The van der Waals surface area contributed by atoms with Crippen LogP contribution < -0.4 is 4.74 Å². The van der Waals surface area contributed by atoms with Crippen LogP contribution in [-0.4, -0.2) is 12.5 Å². The molecule has 0 amide bonds. The summed E-state index contributed by atoms with van der Waals surface area (Å²) < 4.78 is 5.55. The second-order valence-electron chi connectivity index (χ2n) is 4.23. The Labute approximate surface area is 128 Å². The van der Waals surface area contributed by atoms with Crippen molar-refractivity contribution in [3.05, 3.63) is 53.1 Å². The van der Waals surface area contributed by atoms with E-state index in [1.54, 1.807) is 12.1 Å². The number of ether oxygens (including phenoxy) is 1. The Kier molecular flexibility index (Phi) is 5.29. The summed E-state index contributed by atoms with van der Waals surface area (Å²) in [5, 5.41) is 9.36. The van der Waals surface area contributed by atoms with Gasteiger partial charge in [0.1, 0.15) is 5.75 Å². The highest BCUT2D eigenvalue weighted by molar-refractivity contribution is 6.32. The Balaban J connectivity index is 2.17. The summed E-state index contributed by atoms with van der Waals surface area (Å²) in [6.45, 7) is 0.555. The van der Waals surface area contributed by atoms with Crippen molar-refractivity contribution in [2.75, 3.05) is 12.5 Å². The molecular weight excluding hydrogens is 293 g/mol. The Morgan fingerprint density at radius 3 is 2.35 bits per heavy atom. The van der Waals surface area contributed by atoms with E-state index in [-0.39, 0.29) is 0 Å². The molecule has 0 saturated carbocycles. The van der Waals surface area contributed by atoms with Gasteiger partial charge in [-0.3, -0.25) is 0 Å². The molecule has 102 valence electrons. The molecule has 0 aromatic heterocycles. The molecule has 0 fully saturated rings. The number of rotatable bonds is 5. The molecule has 0 saturated heterocycles. The fourth-order valence-electron chi connectivity index (χ4n) is 1.77. The van der Waals surface area contributed by atoms with Crippen LogP contribution in [0.3, 0.4) is 0 Å². The minimum atomic E-state index is 0.555. The van der Waals surface area contributed by atoms with Crippen LogP contribution >= 0.6 is 23.2 Å². The molecule has 2 aromatic rings. The van der Waals surface area contributed by atoms with E-state index in [1.165, 1.54) is 0 Å². The van der Waals surface area contributed by atoms with Gasteiger partial charge in [0.25, 0.3) is 0 Å². The lowest BCUT2D eigenvalue weighted by Crippen LogP contribution is -1.98. The lowest BCUT2D eigenvalue weighted by Gasteiger charge is -2.09. The summed E-state index contributed by atoms with van der Waals surface area (Å²) in [4.78, 5) is 0. The summed E-state index contributed by atoms with van der Waals surface area (Å²) in [7, 11) is 0. The van der Waals surface area contributed by atoms with Gasteiger partial charge in [0.15, 0.2) is 0 Å². The van der Waals surface area contributed by atoms with Gasteiger partial charge >= 0.3 is 0 Å². The Morgan fingerprint density at radius 2 is 1.75 bits per heavy atom. The van der Waals surface area contributed by atoms with E-state index in [4.69, 9.17) is 33.2 Å². The van der Waals surface area contributed by atoms with Crippen molar-refractivity contribution in [3.63, 3.8) is 0 Å². The Hall–Kier alpha value is -1.69. The minimum Gasteiger partial charge on any atom is -0.492 e. The average molecular weight is 306 g/mol. The van der Waals surface area contributed by atoms with E-state index in [1.807, 2.05) is 30.3 Å². The van der Waals surface area contributed by atoms with Gasteiger partial charge in [-0.15, -0.1) is 11.6 Å². The molecule has 0 unspecified atom stereocenters. The summed E-state index contributed by atoms with van der Waals surface area (Å²) in [5.41, 5.74) is 2.64. The van der Waals surface area contributed by atoms with Crippen molar-refractivity contribution in [1.82, 2.24) is 0 Å². The second kappa shape index (κ2) is 7.19. The molecule has 4 heteroatoms. The van der Waals surface area contributed by atoms with Gasteiger partial charge in [-0.2, -0.15) is 5.26 Å². The van der Waals surface area contributed by atoms with Crippen LogP contribution in [0, 0.1) is 11.3 Å². The first-order valence-corrected chi connectivity index (χ1v) is 7.14. The molecule has 2 rings (SSSR count). The van der Waals surface area contributed by atoms with E-state index in [2.05, 4.69) is 6.07 Å². The highest BCUT2D eigenvalue weighted by Crippen LogP contribution is 2.30. The highest BCUT2D eigenvalue weighted by atomic mass is 35.5. The number of benzene rings is 2. The van der Waals surface area contributed by atoms with Crippen LogP contribution in [0.25, 0.3) is 11.1 Å². The number of nitriles is 1. The summed E-state index contributed by atoms with van der Waals surface area (Å²) >= 11 is 11.8. The van der Waals surface area contributed by atoms with E-state index in [0.29, 0.717) is 28.8 Å². The van der Waals surface area contributed by atoms with Crippen LogP contribution in [0.15, 0.2) is 42.5 Å². The number of nitrogens with zero attached hydrogens (tertiary/aromatic N) is 1. The van der Waals surface area contributed by atoms with Crippen LogP contribution in [0.4, 0.5) is 0 Å². The summed E-state index contributed by atoms with van der Waals surface area (Å²) in [5.74, 6) is 1.23. The minimum absolute atomic E-state index is 0.555. The molecule has 0 heterocycles. The lowest BCUT2D eigenvalue weighted by molar-refractivity contribution is 0.318. The van der Waals surface area contributed by atoms with E-state index in [9.17, 15) is 0 Å². The van der Waals surface area contributed by atoms with Crippen LogP contribution in [0.5, 0.6) is 5.75 Å². The molecule has 2 nitrogen and oxygen atoms in total. The third-order valence-corrected chi connectivity index (χ3v) is 3.38. The highest BCUT2D eigenvalue weighted by Gasteiger charge is 2.05. The van der Waals surface area contributed by atoms with Gasteiger partial charge in [-0.1, -0.05) is 29.8 Å². The SMILES string of the molecule is N#Cc1ccc(-c2ccc(OCCCCl)c(Cl)c2)cc1. The van der Waals surface area contributed by atoms with Gasteiger partial charge in [0, 0.05) is 5.88 Å². The zero-order valence-corrected chi connectivity index (χ0v) is 12.3. The van der Waals surface area contributed by atoms with Crippen LogP contribution in [0.1, 0.15) is 12.0 Å². The zero-order chi connectivity index (χ0) is 14.4. The first-order chi connectivity index (χ1) is 9.74. The topological polar surface area (TPSA) is 33.0 Å². The summed E-state index contributed by atoms with van der Waals surface area (Å²) in [6, 6.07) is 15.1. The molecule has 0 aliphatic heterocycles. The Bertz CT molecular complexity index is 617. The van der Waals surface area contributed by atoms with Gasteiger partial charge in [0.2, 0.25) is 0 Å². The molecular formula is C16H13Cl2NO. The maximum Gasteiger partial charge on any atom is 0.137 e. The smallest absolute Gasteiger partial charge is 0.137 e. The largest absolute Gasteiger partial charge is 0.492 e. The molecule has 0 atom stereocenters. The number of alkyl halides is 1.